The number of amides is 1. The van der Waals surface area contributed by atoms with Crippen LogP contribution in [0.2, 0.25) is 10.0 Å². The molecule has 4 aromatic carbocycles. The predicted molar refractivity (Wildman–Crippen MR) is 144 cm³/mol. The molecular formula is C26H20Cl2N3NaO6S. The number of rotatable bonds is 7. The second kappa shape index (κ2) is 12.6. The third kappa shape index (κ3) is 6.72. The number of fused-ring (bicyclic) bond motifs is 1. The number of azo groups is 1. The SMILES string of the molecule is CCOc1cc(NC(=O)c2cc3ccccc3c(N=Nc3ccc(C)c(Cl)c3S(=O)(=O)O)c2[O-])ccc1Cl.[Na+]. The molecule has 0 aliphatic heterocycles. The summed E-state index contributed by atoms with van der Waals surface area (Å²) >= 11 is 12.2. The summed E-state index contributed by atoms with van der Waals surface area (Å²) in [4.78, 5) is 12.5. The predicted octanol–water partition coefficient (Wildman–Crippen LogP) is 3.85. The molecule has 0 aliphatic rings. The number of aryl methyl sites for hydroxylation is 1. The molecule has 0 radical (unpaired) electrons. The fraction of sp³-hybridized carbons (Fsp3) is 0.115. The van der Waals surface area contributed by atoms with Gasteiger partial charge in [-0.15, -0.1) is 5.11 Å². The van der Waals surface area contributed by atoms with Crippen LogP contribution in [0.1, 0.15) is 22.8 Å². The first kappa shape index (κ1) is 30.8. The monoisotopic (exact) mass is 595 g/mol. The van der Waals surface area contributed by atoms with E-state index in [0.717, 1.165) is 0 Å². The van der Waals surface area contributed by atoms with E-state index in [9.17, 15) is 22.9 Å². The quantitative estimate of drug-likeness (QED) is 0.189. The third-order valence-electron chi connectivity index (χ3n) is 5.49. The maximum absolute atomic E-state index is 13.4. The fourth-order valence-corrected chi connectivity index (χ4v) is 5.08. The summed E-state index contributed by atoms with van der Waals surface area (Å²) in [5.41, 5.74) is 0.0538. The zero-order valence-corrected chi connectivity index (χ0v) is 25.4. The summed E-state index contributed by atoms with van der Waals surface area (Å²) in [6.45, 7) is 3.72. The molecule has 0 heterocycles. The standard InChI is InChI=1S/C26H21Cl2N3O6S.Na/c1-3-37-21-13-16(9-10-19(21)27)29-26(33)18-12-15-6-4-5-7-17(15)23(24(18)32)31-30-20-11-8-14(2)22(28)25(20)38(34,35)36;/h4-13,32H,3H2,1-2H3,(H,29,33)(H,34,35,36);/q;+1/p-1. The molecule has 4 aromatic rings. The van der Waals surface area contributed by atoms with E-state index in [1.807, 2.05) is 0 Å². The number of carbonyl (C=O) groups is 1. The Bertz CT molecular complexity index is 1710. The summed E-state index contributed by atoms with van der Waals surface area (Å²) in [6, 6.07) is 15.6. The summed E-state index contributed by atoms with van der Waals surface area (Å²) in [5, 5.41) is 25.0. The Morgan fingerprint density at radius 2 is 1.79 bits per heavy atom. The van der Waals surface area contributed by atoms with Gasteiger partial charge in [-0.25, -0.2) is 0 Å². The Balaban J connectivity index is 0.00000420. The van der Waals surface area contributed by atoms with E-state index in [-0.39, 0.29) is 51.5 Å². The van der Waals surface area contributed by atoms with E-state index in [4.69, 9.17) is 27.9 Å². The van der Waals surface area contributed by atoms with Gasteiger partial charge < -0.3 is 15.2 Å². The van der Waals surface area contributed by atoms with Gasteiger partial charge in [0.25, 0.3) is 16.0 Å². The molecule has 0 atom stereocenters. The minimum absolute atomic E-state index is 0. The van der Waals surface area contributed by atoms with Crippen molar-refractivity contribution in [2.45, 2.75) is 18.7 Å². The molecule has 0 aliphatic carbocycles. The largest absolute Gasteiger partial charge is 1.00 e. The average molecular weight is 596 g/mol. The zero-order valence-electron chi connectivity index (χ0n) is 21.0. The molecule has 39 heavy (non-hydrogen) atoms. The molecule has 2 N–H and O–H groups in total. The summed E-state index contributed by atoms with van der Waals surface area (Å²) in [6.07, 6.45) is 0. The van der Waals surface area contributed by atoms with Crippen LogP contribution in [0, 0.1) is 6.92 Å². The fourth-order valence-electron chi connectivity index (χ4n) is 3.70. The van der Waals surface area contributed by atoms with Crippen LogP contribution in [0.25, 0.3) is 10.8 Å². The molecule has 9 nitrogen and oxygen atoms in total. The second-order valence-electron chi connectivity index (χ2n) is 8.08. The van der Waals surface area contributed by atoms with Crippen molar-refractivity contribution in [3.63, 3.8) is 0 Å². The Hall–Kier alpha value is -2.70. The summed E-state index contributed by atoms with van der Waals surface area (Å²) in [7, 11) is -4.76. The molecular weight excluding hydrogens is 576 g/mol. The van der Waals surface area contributed by atoms with Gasteiger partial charge in [-0.3, -0.25) is 9.35 Å². The van der Waals surface area contributed by atoms with E-state index in [0.29, 0.717) is 39.4 Å². The normalized spacial score (nSPS) is 11.4. The maximum Gasteiger partial charge on any atom is 1.00 e. The number of hydrogen-bond acceptors (Lipinski definition) is 7. The van der Waals surface area contributed by atoms with Crippen LogP contribution < -0.4 is 44.7 Å². The van der Waals surface area contributed by atoms with Crippen molar-refractivity contribution >= 4 is 67.1 Å². The molecule has 0 spiro atoms. The first-order valence-electron chi connectivity index (χ1n) is 11.2. The minimum Gasteiger partial charge on any atom is -0.870 e. The number of benzene rings is 4. The Morgan fingerprint density at radius 3 is 2.49 bits per heavy atom. The van der Waals surface area contributed by atoms with Gasteiger partial charge in [0.05, 0.1) is 22.3 Å². The molecule has 0 aromatic heterocycles. The summed E-state index contributed by atoms with van der Waals surface area (Å²) in [5.74, 6) is -1.08. The molecule has 0 bridgehead atoms. The number of nitrogens with one attached hydrogen (secondary N) is 1. The van der Waals surface area contributed by atoms with Crippen molar-refractivity contribution in [3.8, 4) is 11.5 Å². The third-order valence-corrected chi connectivity index (χ3v) is 7.33. The molecule has 13 heteroatoms. The van der Waals surface area contributed by atoms with Gasteiger partial charge in [0.15, 0.2) is 0 Å². The van der Waals surface area contributed by atoms with Crippen LogP contribution in [-0.2, 0) is 10.1 Å². The molecule has 0 fully saturated rings. The number of hydrogen-bond donors (Lipinski definition) is 2. The average Bonchev–Trinajstić information content (AvgIpc) is 2.86. The topological polar surface area (TPSA) is 140 Å². The molecule has 1 amide bonds. The van der Waals surface area contributed by atoms with Crippen LogP contribution in [0.15, 0.2) is 75.8 Å². The van der Waals surface area contributed by atoms with Crippen molar-refractivity contribution in [2.75, 3.05) is 11.9 Å². The van der Waals surface area contributed by atoms with E-state index in [1.165, 1.54) is 24.3 Å². The van der Waals surface area contributed by atoms with Crippen LogP contribution in [0.3, 0.4) is 0 Å². The van der Waals surface area contributed by atoms with E-state index in [2.05, 4.69) is 15.5 Å². The van der Waals surface area contributed by atoms with Gasteiger partial charge in [0.1, 0.15) is 16.3 Å². The van der Waals surface area contributed by atoms with Gasteiger partial charge in [-0.05, 0) is 49.1 Å². The number of halogens is 2. The number of carbonyl (C=O) groups excluding carboxylic acids is 1. The molecule has 0 saturated carbocycles. The van der Waals surface area contributed by atoms with Gasteiger partial charge in [0.2, 0.25) is 0 Å². The van der Waals surface area contributed by atoms with Gasteiger partial charge in [-0.2, -0.15) is 13.5 Å². The van der Waals surface area contributed by atoms with E-state index in [1.54, 1.807) is 50.2 Å². The van der Waals surface area contributed by atoms with Crippen LogP contribution in [-0.4, -0.2) is 25.5 Å². The van der Waals surface area contributed by atoms with Gasteiger partial charge in [-0.1, -0.05) is 59.3 Å². The zero-order chi connectivity index (χ0) is 27.6. The molecule has 0 unspecified atom stereocenters. The van der Waals surface area contributed by atoms with Crippen molar-refractivity contribution in [2.24, 2.45) is 10.2 Å². The molecule has 196 valence electrons. The smallest absolute Gasteiger partial charge is 0.870 e. The van der Waals surface area contributed by atoms with Crippen molar-refractivity contribution in [3.05, 3.63) is 81.8 Å². The van der Waals surface area contributed by atoms with Crippen LogP contribution in [0.4, 0.5) is 17.1 Å². The van der Waals surface area contributed by atoms with Crippen molar-refractivity contribution in [1.29, 1.82) is 0 Å². The van der Waals surface area contributed by atoms with Gasteiger partial charge in [0, 0.05) is 22.7 Å². The first-order chi connectivity index (χ1) is 18.0. The Labute approximate surface area is 256 Å². The number of ether oxygens (including phenoxy) is 1. The molecule has 0 saturated heterocycles. The Morgan fingerprint density at radius 1 is 1.08 bits per heavy atom. The van der Waals surface area contributed by atoms with E-state index >= 15 is 0 Å². The Kier molecular flexibility index (Phi) is 10.0. The first-order valence-corrected chi connectivity index (χ1v) is 13.4. The van der Waals surface area contributed by atoms with E-state index < -0.39 is 26.7 Å². The minimum atomic E-state index is -4.76. The maximum atomic E-state index is 13.4. The van der Waals surface area contributed by atoms with Crippen molar-refractivity contribution < 1.29 is 57.2 Å². The second-order valence-corrected chi connectivity index (χ2v) is 10.2. The summed E-state index contributed by atoms with van der Waals surface area (Å²) < 4.78 is 39.0. The number of anilines is 1. The van der Waals surface area contributed by atoms with Crippen LogP contribution in [0.5, 0.6) is 11.5 Å². The number of nitrogens with zero attached hydrogens (tertiary/aromatic N) is 2. The van der Waals surface area contributed by atoms with Crippen LogP contribution >= 0.6 is 23.2 Å². The van der Waals surface area contributed by atoms with Crippen molar-refractivity contribution in [1.82, 2.24) is 0 Å². The van der Waals surface area contributed by atoms with Gasteiger partial charge >= 0.3 is 29.6 Å². The molecule has 4 rings (SSSR count).